The topological polar surface area (TPSA) is 79.0 Å². The lowest BCUT2D eigenvalue weighted by Gasteiger charge is -2.40. The SMILES string of the molecule is CC(C)(C)C(=O)OC(CN1CCN(c2ccc(S(C)(=O)=O)cc2)CC1)C1CCNCC1. The van der Waals surface area contributed by atoms with Crippen molar-refractivity contribution < 1.29 is 17.9 Å². The number of piperazine rings is 1. The molecule has 2 fully saturated rings. The van der Waals surface area contributed by atoms with Crippen LogP contribution in [0.1, 0.15) is 33.6 Å². The standard InChI is InChI=1S/C23H37N3O4S/c1-23(2,3)22(27)30-21(18-9-11-24-12-10-18)17-25-13-15-26(16-14-25)19-5-7-20(8-6-19)31(4,28)29/h5-8,18,21,24H,9-17H2,1-4H3. The maximum atomic E-state index is 12.6. The molecule has 1 atom stereocenters. The lowest BCUT2D eigenvalue weighted by molar-refractivity contribution is -0.163. The maximum Gasteiger partial charge on any atom is 0.311 e. The highest BCUT2D eigenvalue weighted by molar-refractivity contribution is 7.90. The Bertz CT molecular complexity index is 835. The Kier molecular flexibility index (Phi) is 7.65. The van der Waals surface area contributed by atoms with E-state index in [2.05, 4.69) is 15.1 Å². The van der Waals surface area contributed by atoms with Crippen molar-refractivity contribution in [2.75, 3.05) is 57.0 Å². The fraction of sp³-hybridized carbons (Fsp3) is 0.696. The van der Waals surface area contributed by atoms with Crippen LogP contribution in [-0.4, -0.2) is 77.5 Å². The van der Waals surface area contributed by atoms with Crippen LogP contribution in [0.25, 0.3) is 0 Å². The van der Waals surface area contributed by atoms with Gasteiger partial charge in [-0.2, -0.15) is 0 Å². The maximum absolute atomic E-state index is 12.6. The highest BCUT2D eigenvalue weighted by Crippen LogP contribution is 2.25. The molecule has 1 unspecified atom stereocenters. The predicted molar refractivity (Wildman–Crippen MR) is 123 cm³/mol. The molecule has 174 valence electrons. The summed E-state index contributed by atoms with van der Waals surface area (Å²) in [6, 6.07) is 7.12. The van der Waals surface area contributed by atoms with Crippen molar-refractivity contribution in [1.29, 1.82) is 0 Å². The van der Waals surface area contributed by atoms with Crippen molar-refractivity contribution in [3.05, 3.63) is 24.3 Å². The van der Waals surface area contributed by atoms with Gasteiger partial charge in [-0.15, -0.1) is 0 Å². The molecule has 0 bridgehead atoms. The van der Waals surface area contributed by atoms with Gasteiger partial charge in [-0.05, 0) is 76.9 Å². The zero-order chi connectivity index (χ0) is 22.6. The molecule has 0 aromatic heterocycles. The van der Waals surface area contributed by atoms with E-state index in [1.807, 2.05) is 32.9 Å². The fourth-order valence-electron chi connectivity index (χ4n) is 4.16. The molecule has 2 aliphatic heterocycles. The molecule has 2 saturated heterocycles. The lowest BCUT2D eigenvalue weighted by Crippen LogP contribution is -2.51. The molecular formula is C23H37N3O4S. The van der Waals surface area contributed by atoms with E-state index in [4.69, 9.17) is 4.74 Å². The summed E-state index contributed by atoms with van der Waals surface area (Å²) in [5.41, 5.74) is 0.545. The highest BCUT2D eigenvalue weighted by atomic mass is 32.2. The Hall–Kier alpha value is -1.64. The number of ether oxygens (including phenoxy) is 1. The minimum Gasteiger partial charge on any atom is -0.460 e. The van der Waals surface area contributed by atoms with Gasteiger partial charge in [0, 0.05) is 44.7 Å². The zero-order valence-electron chi connectivity index (χ0n) is 19.3. The van der Waals surface area contributed by atoms with Crippen LogP contribution in [0.2, 0.25) is 0 Å². The number of nitrogens with one attached hydrogen (secondary N) is 1. The first-order valence-corrected chi connectivity index (χ1v) is 13.1. The van der Waals surface area contributed by atoms with Gasteiger partial charge in [0.05, 0.1) is 10.3 Å². The largest absolute Gasteiger partial charge is 0.460 e. The Morgan fingerprint density at radius 3 is 2.19 bits per heavy atom. The van der Waals surface area contributed by atoms with Crippen LogP contribution in [0.15, 0.2) is 29.2 Å². The lowest BCUT2D eigenvalue weighted by atomic mass is 9.90. The number of rotatable bonds is 6. The van der Waals surface area contributed by atoms with Gasteiger partial charge in [0.2, 0.25) is 0 Å². The summed E-state index contributed by atoms with van der Waals surface area (Å²) < 4.78 is 29.4. The number of esters is 1. The van der Waals surface area contributed by atoms with Crippen LogP contribution in [0.5, 0.6) is 0 Å². The molecule has 2 aliphatic rings. The van der Waals surface area contributed by atoms with E-state index < -0.39 is 15.3 Å². The summed E-state index contributed by atoms with van der Waals surface area (Å²) in [4.78, 5) is 17.6. The van der Waals surface area contributed by atoms with Crippen LogP contribution >= 0.6 is 0 Å². The first kappa shape index (κ1) is 24.0. The monoisotopic (exact) mass is 451 g/mol. The Morgan fingerprint density at radius 1 is 1.10 bits per heavy atom. The van der Waals surface area contributed by atoms with E-state index in [0.29, 0.717) is 10.8 Å². The summed E-state index contributed by atoms with van der Waals surface area (Å²) in [5.74, 6) is 0.273. The third kappa shape index (κ3) is 6.67. The predicted octanol–water partition coefficient (Wildman–Crippen LogP) is 2.17. The summed E-state index contributed by atoms with van der Waals surface area (Å²) in [6.07, 6.45) is 3.23. The Balaban J connectivity index is 1.59. The van der Waals surface area contributed by atoms with Crippen LogP contribution < -0.4 is 10.2 Å². The van der Waals surface area contributed by atoms with Crippen molar-refractivity contribution in [3.63, 3.8) is 0 Å². The normalized spacial score (nSPS) is 20.5. The molecule has 1 N–H and O–H groups in total. The van der Waals surface area contributed by atoms with Crippen molar-refractivity contribution in [1.82, 2.24) is 10.2 Å². The summed E-state index contributed by atoms with van der Waals surface area (Å²) in [7, 11) is -3.18. The molecule has 0 amide bonds. The van der Waals surface area contributed by atoms with Crippen LogP contribution in [0.3, 0.4) is 0 Å². The molecule has 1 aromatic rings. The van der Waals surface area contributed by atoms with E-state index in [-0.39, 0.29) is 12.1 Å². The molecule has 1 aromatic carbocycles. The summed E-state index contributed by atoms with van der Waals surface area (Å²) in [6.45, 7) is 12.0. The molecule has 3 rings (SSSR count). The van der Waals surface area contributed by atoms with E-state index in [0.717, 1.165) is 64.3 Å². The minimum absolute atomic E-state index is 0.0746. The number of hydrogen-bond acceptors (Lipinski definition) is 7. The number of benzene rings is 1. The number of anilines is 1. The van der Waals surface area contributed by atoms with Gasteiger partial charge < -0.3 is 15.0 Å². The molecule has 7 nitrogen and oxygen atoms in total. The van der Waals surface area contributed by atoms with Gasteiger partial charge >= 0.3 is 5.97 Å². The fourth-order valence-corrected chi connectivity index (χ4v) is 4.79. The van der Waals surface area contributed by atoms with Gasteiger partial charge in [-0.25, -0.2) is 8.42 Å². The third-order valence-electron chi connectivity index (χ3n) is 6.22. The molecule has 0 radical (unpaired) electrons. The average molecular weight is 452 g/mol. The number of sulfone groups is 1. The first-order chi connectivity index (χ1) is 14.5. The smallest absolute Gasteiger partial charge is 0.311 e. The van der Waals surface area contributed by atoms with E-state index in [1.165, 1.54) is 6.26 Å². The van der Waals surface area contributed by atoms with Crippen molar-refractivity contribution in [2.24, 2.45) is 11.3 Å². The molecule has 8 heteroatoms. The molecule has 31 heavy (non-hydrogen) atoms. The quantitative estimate of drug-likeness (QED) is 0.664. The third-order valence-corrected chi connectivity index (χ3v) is 7.35. The molecule has 0 aliphatic carbocycles. The Morgan fingerprint density at radius 2 is 1.68 bits per heavy atom. The van der Waals surface area contributed by atoms with Gasteiger partial charge in [-0.1, -0.05) is 0 Å². The number of hydrogen-bond donors (Lipinski definition) is 1. The van der Waals surface area contributed by atoms with Crippen molar-refractivity contribution in [3.8, 4) is 0 Å². The number of carbonyl (C=O) groups is 1. The van der Waals surface area contributed by atoms with Crippen LogP contribution in [0.4, 0.5) is 5.69 Å². The van der Waals surface area contributed by atoms with Gasteiger partial charge in [-0.3, -0.25) is 9.69 Å². The van der Waals surface area contributed by atoms with Crippen molar-refractivity contribution in [2.45, 2.75) is 44.6 Å². The van der Waals surface area contributed by atoms with Crippen LogP contribution in [-0.2, 0) is 19.4 Å². The van der Waals surface area contributed by atoms with Gasteiger partial charge in [0.15, 0.2) is 9.84 Å². The molecule has 0 saturated carbocycles. The number of piperidine rings is 1. The first-order valence-electron chi connectivity index (χ1n) is 11.2. The summed E-state index contributed by atoms with van der Waals surface area (Å²) in [5, 5.41) is 3.40. The molecule has 0 spiro atoms. The number of carbonyl (C=O) groups excluding carboxylic acids is 1. The second-order valence-electron chi connectivity index (χ2n) is 9.83. The Labute approximate surface area is 187 Å². The second-order valence-corrected chi connectivity index (χ2v) is 11.9. The van der Waals surface area contributed by atoms with E-state index >= 15 is 0 Å². The summed E-state index contributed by atoms with van der Waals surface area (Å²) >= 11 is 0. The highest BCUT2D eigenvalue weighted by Gasteiger charge is 2.33. The molecule has 2 heterocycles. The molecular weight excluding hydrogens is 414 g/mol. The van der Waals surface area contributed by atoms with Crippen LogP contribution in [0, 0.1) is 11.3 Å². The second kappa shape index (κ2) is 9.88. The van der Waals surface area contributed by atoms with Gasteiger partial charge in [0.25, 0.3) is 0 Å². The number of nitrogens with zero attached hydrogens (tertiary/aromatic N) is 2. The van der Waals surface area contributed by atoms with E-state index in [9.17, 15) is 13.2 Å². The van der Waals surface area contributed by atoms with Gasteiger partial charge in [0.1, 0.15) is 6.10 Å². The zero-order valence-corrected chi connectivity index (χ0v) is 20.1. The average Bonchev–Trinajstić information content (AvgIpc) is 2.73. The van der Waals surface area contributed by atoms with E-state index in [1.54, 1.807) is 12.1 Å². The minimum atomic E-state index is -3.18. The van der Waals surface area contributed by atoms with Crippen molar-refractivity contribution >= 4 is 21.5 Å².